The van der Waals surface area contributed by atoms with Crippen molar-refractivity contribution >= 4 is 11.8 Å². The molecule has 4 rings (SSSR count). The first kappa shape index (κ1) is 15.0. The smallest absolute Gasteiger partial charge is 0.249 e. The Morgan fingerprint density at radius 1 is 1.12 bits per heavy atom. The highest BCUT2D eigenvalue weighted by atomic mass is 16.5. The summed E-state index contributed by atoms with van der Waals surface area (Å²) < 4.78 is 5.32. The molecule has 1 aliphatic heterocycles. The fourth-order valence-electron chi connectivity index (χ4n) is 3.70. The van der Waals surface area contributed by atoms with Crippen molar-refractivity contribution in [2.45, 2.75) is 38.6 Å². The third kappa shape index (κ3) is 2.31. The SMILES string of the molecule is C[C@@H](c1nc(-c2ccncc2)no1)N1C(=O)[C@H]2CCCC[C@@H]2C1=O. The van der Waals surface area contributed by atoms with E-state index in [1.54, 1.807) is 31.5 Å². The van der Waals surface area contributed by atoms with E-state index in [0.29, 0.717) is 5.82 Å². The van der Waals surface area contributed by atoms with Crippen molar-refractivity contribution in [1.29, 1.82) is 0 Å². The molecule has 0 bridgehead atoms. The summed E-state index contributed by atoms with van der Waals surface area (Å²) in [4.78, 5) is 34.9. The molecule has 1 saturated heterocycles. The van der Waals surface area contributed by atoms with Crippen molar-refractivity contribution in [2.75, 3.05) is 0 Å². The number of rotatable bonds is 3. The van der Waals surface area contributed by atoms with Gasteiger partial charge in [-0.25, -0.2) is 0 Å². The number of likely N-dealkylation sites (tertiary alicyclic amines) is 1. The molecule has 0 N–H and O–H groups in total. The van der Waals surface area contributed by atoms with E-state index in [9.17, 15) is 9.59 Å². The van der Waals surface area contributed by atoms with E-state index in [4.69, 9.17) is 4.52 Å². The molecule has 3 heterocycles. The minimum atomic E-state index is -0.543. The lowest BCUT2D eigenvalue weighted by molar-refractivity contribution is -0.143. The topological polar surface area (TPSA) is 89.2 Å². The van der Waals surface area contributed by atoms with Gasteiger partial charge in [-0.2, -0.15) is 4.98 Å². The predicted octanol–water partition coefficient (Wildman–Crippen LogP) is 2.37. The largest absolute Gasteiger partial charge is 0.337 e. The third-order valence-electron chi connectivity index (χ3n) is 5.00. The molecule has 0 radical (unpaired) electrons. The molecule has 0 aromatic carbocycles. The first-order chi connectivity index (χ1) is 11.7. The summed E-state index contributed by atoms with van der Waals surface area (Å²) in [7, 11) is 0. The van der Waals surface area contributed by atoms with E-state index in [-0.39, 0.29) is 29.5 Å². The molecule has 2 amide bonds. The van der Waals surface area contributed by atoms with E-state index in [1.807, 2.05) is 0 Å². The van der Waals surface area contributed by atoms with Gasteiger partial charge in [-0.1, -0.05) is 18.0 Å². The number of pyridine rings is 1. The molecule has 1 saturated carbocycles. The average Bonchev–Trinajstić information content (AvgIpc) is 3.20. The molecular formula is C17H18N4O3. The van der Waals surface area contributed by atoms with Gasteiger partial charge in [0.2, 0.25) is 23.5 Å². The van der Waals surface area contributed by atoms with Crippen LogP contribution < -0.4 is 0 Å². The number of imide groups is 1. The highest BCUT2D eigenvalue weighted by Crippen LogP contribution is 2.41. The lowest BCUT2D eigenvalue weighted by atomic mass is 9.81. The summed E-state index contributed by atoms with van der Waals surface area (Å²) in [6, 6.07) is 3.01. The highest BCUT2D eigenvalue weighted by molar-refractivity contribution is 6.05. The van der Waals surface area contributed by atoms with Crippen molar-refractivity contribution < 1.29 is 14.1 Å². The summed E-state index contributed by atoms with van der Waals surface area (Å²) in [5, 5.41) is 3.96. The van der Waals surface area contributed by atoms with Gasteiger partial charge in [-0.15, -0.1) is 0 Å². The molecule has 24 heavy (non-hydrogen) atoms. The Kier molecular flexibility index (Phi) is 3.63. The van der Waals surface area contributed by atoms with Gasteiger partial charge >= 0.3 is 0 Å². The van der Waals surface area contributed by atoms with Crippen molar-refractivity contribution in [3.8, 4) is 11.4 Å². The standard InChI is InChI=1S/C17H18N4O3/c1-10(15-19-14(20-24-15)11-6-8-18-9-7-11)21-16(22)12-4-2-3-5-13(12)17(21)23/h6-10,12-13H,2-5H2,1H3/t10-,12-,13-/m0/s1. The second-order valence-electron chi connectivity index (χ2n) is 6.41. The van der Waals surface area contributed by atoms with Crippen LogP contribution in [0, 0.1) is 11.8 Å². The Morgan fingerprint density at radius 2 is 1.75 bits per heavy atom. The number of aromatic nitrogens is 3. The Bertz CT molecular complexity index is 749. The van der Waals surface area contributed by atoms with E-state index in [1.165, 1.54) is 4.90 Å². The number of carbonyl (C=O) groups excluding carboxylic acids is 2. The average molecular weight is 326 g/mol. The van der Waals surface area contributed by atoms with Gasteiger partial charge in [0.15, 0.2) is 0 Å². The maximum absolute atomic E-state index is 12.6. The van der Waals surface area contributed by atoms with Crippen LogP contribution in [0.5, 0.6) is 0 Å². The molecule has 2 aromatic heterocycles. The Morgan fingerprint density at radius 3 is 2.38 bits per heavy atom. The zero-order valence-electron chi connectivity index (χ0n) is 13.4. The molecule has 0 spiro atoms. The lowest BCUT2D eigenvalue weighted by Gasteiger charge is -2.19. The first-order valence-electron chi connectivity index (χ1n) is 8.27. The molecule has 2 aliphatic rings. The minimum absolute atomic E-state index is 0.0964. The fourth-order valence-corrected chi connectivity index (χ4v) is 3.70. The van der Waals surface area contributed by atoms with Crippen LogP contribution >= 0.6 is 0 Å². The van der Waals surface area contributed by atoms with Crippen LogP contribution in [0.15, 0.2) is 29.0 Å². The lowest BCUT2D eigenvalue weighted by Crippen LogP contribution is -2.34. The Balaban J connectivity index is 1.60. The van der Waals surface area contributed by atoms with Crippen molar-refractivity contribution in [3.63, 3.8) is 0 Å². The predicted molar refractivity (Wildman–Crippen MR) is 83.2 cm³/mol. The normalized spacial score (nSPS) is 25.0. The van der Waals surface area contributed by atoms with Gasteiger partial charge < -0.3 is 4.52 Å². The molecular weight excluding hydrogens is 308 g/mol. The van der Waals surface area contributed by atoms with Gasteiger partial charge in [0.05, 0.1) is 11.8 Å². The number of amides is 2. The Labute approximate surface area is 139 Å². The number of hydrogen-bond acceptors (Lipinski definition) is 6. The minimum Gasteiger partial charge on any atom is -0.337 e. The van der Waals surface area contributed by atoms with Crippen molar-refractivity contribution in [3.05, 3.63) is 30.4 Å². The molecule has 7 nitrogen and oxygen atoms in total. The highest BCUT2D eigenvalue weighted by Gasteiger charge is 2.50. The van der Waals surface area contributed by atoms with Crippen LogP contribution in [0.1, 0.15) is 44.5 Å². The molecule has 3 atom stereocenters. The fraction of sp³-hybridized carbons (Fsp3) is 0.471. The number of carbonyl (C=O) groups is 2. The first-order valence-corrected chi connectivity index (χ1v) is 8.27. The second kappa shape index (κ2) is 5.81. The zero-order chi connectivity index (χ0) is 16.7. The summed E-state index contributed by atoms with van der Waals surface area (Å²) in [6.07, 6.45) is 6.90. The number of nitrogens with zero attached hydrogens (tertiary/aromatic N) is 4. The van der Waals surface area contributed by atoms with Gasteiger partial charge in [0.25, 0.3) is 0 Å². The van der Waals surface area contributed by atoms with Crippen molar-refractivity contribution in [2.24, 2.45) is 11.8 Å². The van der Waals surface area contributed by atoms with E-state index in [2.05, 4.69) is 15.1 Å². The van der Waals surface area contributed by atoms with Gasteiger partial charge in [-0.05, 0) is 31.9 Å². The van der Waals surface area contributed by atoms with Crippen LogP contribution in [0.25, 0.3) is 11.4 Å². The summed E-state index contributed by atoms with van der Waals surface area (Å²) in [6.45, 7) is 1.76. The molecule has 2 aromatic rings. The van der Waals surface area contributed by atoms with Crippen LogP contribution in [-0.2, 0) is 9.59 Å². The van der Waals surface area contributed by atoms with E-state index in [0.717, 1.165) is 31.2 Å². The number of fused-ring (bicyclic) bond motifs is 1. The van der Waals surface area contributed by atoms with Crippen LogP contribution in [0.2, 0.25) is 0 Å². The van der Waals surface area contributed by atoms with E-state index >= 15 is 0 Å². The summed E-state index contributed by atoms with van der Waals surface area (Å²) in [5.74, 6) is 0.173. The Hall–Kier alpha value is -2.57. The summed E-state index contributed by atoms with van der Waals surface area (Å²) in [5.41, 5.74) is 0.778. The van der Waals surface area contributed by atoms with Crippen LogP contribution in [0.4, 0.5) is 0 Å². The van der Waals surface area contributed by atoms with Crippen LogP contribution in [-0.4, -0.2) is 31.8 Å². The van der Waals surface area contributed by atoms with E-state index < -0.39 is 6.04 Å². The number of hydrogen-bond donors (Lipinski definition) is 0. The molecule has 7 heteroatoms. The quantitative estimate of drug-likeness (QED) is 0.804. The van der Waals surface area contributed by atoms with Gasteiger partial charge in [0.1, 0.15) is 6.04 Å². The zero-order valence-corrected chi connectivity index (χ0v) is 13.4. The van der Waals surface area contributed by atoms with Crippen LogP contribution in [0.3, 0.4) is 0 Å². The molecule has 0 unspecified atom stereocenters. The third-order valence-corrected chi connectivity index (χ3v) is 5.00. The summed E-state index contributed by atoms with van der Waals surface area (Å²) >= 11 is 0. The van der Waals surface area contributed by atoms with Crippen molar-refractivity contribution in [1.82, 2.24) is 20.0 Å². The van der Waals surface area contributed by atoms with Gasteiger partial charge in [-0.3, -0.25) is 19.5 Å². The maximum Gasteiger partial charge on any atom is 0.249 e. The maximum atomic E-state index is 12.6. The molecule has 124 valence electrons. The molecule has 1 aliphatic carbocycles. The van der Waals surface area contributed by atoms with Gasteiger partial charge in [0, 0.05) is 18.0 Å². The molecule has 2 fully saturated rings. The monoisotopic (exact) mass is 326 g/mol. The second-order valence-corrected chi connectivity index (χ2v) is 6.41.